The molecule has 0 spiro atoms. The van der Waals surface area contributed by atoms with Gasteiger partial charge >= 0.3 is 0 Å². The number of nitrogens with one attached hydrogen (secondary N) is 1. The van der Waals surface area contributed by atoms with Gasteiger partial charge in [-0.15, -0.1) is 0 Å². The van der Waals surface area contributed by atoms with Crippen molar-refractivity contribution in [1.29, 1.82) is 0 Å². The van der Waals surface area contributed by atoms with E-state index in [1.807, 2.05) is 0 Å². The molecule has 2 heteroatoms. The summed E-state index contributed by atoms with van der Waals surface area (Å²) in [6, 6.07) is 0. The largest absolute Gasteiger partial charge is 0.381 e. The quantitative estimate of drug-likeness (QED) is 0.539. The van der Waals surface area contributed by atoms with Gasteiger partial charge in [0.1, 0.15) is 0 Å². The Hall–Kier alpha value is -0.340. The maximum Gasteiger partial charge on any atom is 0.0528 e. The minimum Gasteiger partial charge on any atom is -0.381 e. The van der Waals surface area contributed by atoms with Crippen LogP contribution >= 0.6 is 0 Å². The highest BCUT2D eigenvalue weighted by molar-refractivity contribution is 5.06. The van der Waals surface area contributed by atoms with Crippen molar-refractivity contribution in [1.82, 2.24) is 5.32 Å². The van der Waals surface area contributed by atoms with Gasteiger partial charge in [0, 0.05) is 19.1 Å². The van der Waals surface area contributed by atoms with Crippen molar-refractivity contribution in [3.63, 3.8) is 0 Å². The van der Waals surface area contributed by atoms with E-state index in [0.717, 1.165) is 32.7 Å². The van der Waals surface area contributed by atoms with Gasteiger partial charge in [0.25, 0.3) is 0 Å². The van der Waals surface area contributed by atoms with Gasteiger partial charge in [-0.2, -0.15) is 0 Å². The molecular weight excluding hydrogens is 186 g/mol. The van der Waals surface area contributed by atoms with E-state index in [-0.39, 0.29) is 0 Å². The standard InChI is InChI=1S/C13H25NO/c1-3-7-14-10-12(4-2)9-13-6-5-8-15-11-13/h9,13-14H,3-8,10-11H2,1-2H3/b12-9-. The van der Waals surface area contributed by atoms with Crippen molar-refractivity contribution < 1.29 is 4.74 Å². The second-order valence-electron chi connectivity index (χ2n) is 4.33. The summed E-state index contributed by atoms with van der Waals surface area (Å²) in [7, 11) is 0. The second kappa shape index (κ2) is 7.89. The van der Waals surface area contributed by atoms with Crippen molar-refractivity contribution in [2.75, 3.05) is 26.3 Å². The van der Waals surface area contributed by atoms with E-state index in [9.17, 15) is 0 Å². The molecule has 1 aliphatic heterocycles. The minimum atomic E-state index is 0.664. The van der Waals surface area contributed by atoms with Crippen LogP contribution in [0.4, 0.5) is 0 Å². The van der Waals surface area contributed by atoms with Crippen molar-refractivity contribution in [3.05, 3.63) is 11.6 Å². The first-order valence-electron chi connectivity index (χ1n) is 6.34. The summed E-state index contributed by atoms with van der Waals surface area (Å²) in [6.07, 6.45) is 7.33. The molecule has 0 bridgehead atoms. The lowest BCUT2D eigenvalue weighted by Crippen LogP contribution is -2.20. The van der Waals surface area contributed by atoms with Gasteiger partial charge in [0.2, 0.25) is 0 Å². The van der Waals surface area contributed by atoms with E-state index in [1.54, 1.807) is 5.57 Å². The van der Waals surface area contributed by atoms with Crippen molar-refractivity contribution in [2.24, 2.45) is 5.92 Å². The summed E-state index contributed by atoms with van der Waals surface area (Å²) in [6.45, 7) is 8.51. The highest BCUT2D eigenvalue weighted by Gasteiger charge is 2.11. The summed E-state index contributed by atoms with van der Waals surface area (Å²) < 4.78 is 5.49. The summed E-state index contributed by atoms with van der Waals surface area (Å²) >= 11 is 0. The van der Waals surface area contributed by atoms with Crippen molar-refractivity contribution in [2.45, 2.75) is 39.5 Å². The van der Waals surface area contributed by atoms with E-state index in [4.69, 9.17) is 4.74 Å². The lowest BCUT2D eigenvalue weighted by molar-refractivity contribution is 0.0707. The number of rotatable bonds is 6. The van der Waals surface area contributed by atoms with E-state index in [0.29, 0.717) is 5.92 Å². The van der Waals surface area contributed by atoms with Crippen molar-refractivity contribution in [3.8, 4) is 0 Å². The summed E-state index contributed by atoms with van der Waals surface area (Å²) in [5.74, 6) is 0.664. The SMILES string of the molecule is CCCNC/C(=C\C1CCCOC1)CC. The first-order chi connectivity index (χ1) is 7.36. The zero-order chi connectivity index (χ0) is 10.9. The topological polar surface area (TPSA) is 21.3 Å². The Kier molecular flexibility index (Phi) is 6.69. The lowest BCUT2D eigenvalue weighted by atomic mass is 9.98. The molecule has 1 N–H and O–H groups in total. The molecule has 1 atom stereocenters. The fourth-order valence-corrected chi connectivity index (χ4v) is 1.96. The molecule has 0 aromatic heterocycles. The van der Waals surface area contributed by atoms with Gasteiger partial charge in [-0.25, -0.2) is 0 Å². The Balaban J connectivity index is 2.30. The normalized spacial score (nSPS) is 23.1. The first-order valence-corrected chi connectivity index (χ1v) is 6.34. The van der Waals surface area contributed by atoms with Gasteiger partial charge in [-0.1, -0.05) is 25.5 Å². The van der Waals surface area contributed by atoms with Crippen LogP contribution in [0, 0.1) is 5.92 Å². The van der Waals surface area contributed by atoms with Gasteiger partial charge in [-0.05, 0) is 32.2 Å². The van der Waals surface area contributed by atoms with E-state index < -0.39 is 0 Å². The van der Waals surface area contributed by atoms with Crippen LogP contribution in [0.3, 0.4) is 0 Å². The van der Waals surface area contributed by atoms with Gasteiger partial charge < -0.3 is 10.1 Å². The lowest BCUT2D eigenvalue weighted by Gasteiger charge is -2.20. The molecule has 15 heavy (non-hydrogen) atoms. The molecule has 0 aromatic carbocycles. The zero-order valence-electron chi connectivity index (χ0n) is 10.2. The molecule has 0 amide bonds. The first kappa shape index (κ1) is 12.7. The predicted octanol–water partition coefficient (Wildman–Crippen LogP) is 2.75. The Bertz CT molecular complexity index is 183. The maximum atomic E-state index is 5.49. The Morgan fingerprint density at radius 3 is 2.93 bits per heavy atom. The minimum absolute atomic E-state index is 0.664. The van der Waals surface area contributed by atoms with Crippen LogP contribution in [0.2, 0.25) is 0 Å². The molecule has 1 fully saturated rings. The molecule has 0 aliphatic carbocycles. The monoisotopic (exact) mass is 211 g/mol. The smallest absolute Gasteiger partial charge is 0.0528 e. The van der Waals surface area contributed by atoms with Crippen molar-refractivity contribution >= 4 is 0 Å². The van der Waals surface area contributed by atoms with E-state index >= 15 is 0 Å². The average Bonchev–Trinajstić information content (AvgIpc) is 2.29. The number of hydrogen-bond acceptors (Lipinski definition) is 2. The Labute approximate surface area is 94.1 Å². The predicted molar refractivity (Wildman–Crippen MR) is 65.1 cm³/mol. The molecular formula is C13H25NO. The van der Waals surface area contributed by atoms with Gasteiger partial charge in [-0.3, -0.25) is 0 Å². The Morgan fingerprint density at radius 1 is 1.47 bits per heavy atom. The van der Waals surface area contributed by atoms with Crippen LogP contribution in [0.15, 0.2) is 11.6 Å². The third-order valence-electron chi connectivity index (χ3n) is 2.90. The third kappa shape index (κ3) is 5.33. The van der Waals surface area contributed by atoms with Crippen LogP contribution in [-0.2, 0) is 4.74 Å². The molecule has 1 heterocycles. The molecule has 0 radical (unpaired) electrons. The van der Waals surface area contributed by atoms with Crippen LogP contribution in [-0.4, -0.2) is 26.3 Å². The molecule has 0 saturated carbocycles. The summed E-state index contributed by atoms with van der Waals surface area (Å²) in [5.41, 5.74) is 1.54. The Morgan fingerprint density at radius 2 is 2.33 bits per heavy atom. The fourth-order valence-electron chi connectivity index (χ4n) is 1.96. The van der Waals surface area contributed by atoms with Gasteiger partial charge in [0.05, 0.1) is 6.61 Å². The molecule has 1 unspecified atom stereocenters. The molecule has 1 rings (SSSR count). The van der Waals surface area contributed by atoms with E-state index in [1.165, 1.54) is 19.3 Å². The maximum absolute atomic E-state index is 5.49. The fraction of sp³-hybridized carbons (Fsp3) is 0.846. The summed E-state index contributed by atoms with van der Waals surface area (Å²) in [5, 5.41) is 3.47. The number of ether oxygens (including phenoxy) is 1. The third-order valence-corrected chi connectivity index (χ3v) is 2.90. The summed E-state index contributed by atoms with van der Waals surface area (Å²) in [4.78, 5) is 0. The highest BCUT2D eigenvalue weighted by atomic mass is 16.5. The van der Waals surface area contributed by atoms with Crippen LogP contribution in [0.25, 0.3) is 0 Å². The molecule has 88 valence electrons. The van der Waals surface area contributed by atoms with Gasteiger partial charge in [0.15, 0.2) is 0 Å². The highest BCUT2D eigenvalue weighted by Crippen LogP contribution is 2.17. The van der Waals surface area contributed by atoms with Crippen LogP contribution in [0.5, 0.6) is 0 Å². The number of hydrogen-bond donors (Lipinski definition) is 1. The molecule has 2 nitrogen and oxygen atoms in total. The van der Waals surface area contributed by atoms with E-state index in [2.05, 4.69) is 25.2 Å². The second-order valence-corrected chi connectivity index (χ2v) is 4.33. The van der Waals surface area contributed by atoms with Crippen LogP contribution in [0.1, 0.15) is 39.5 Å². The average molecular weight is 211 g/mol. The van der Waals surface area contributed by atoms with Crippen LogP contribution < -0.4 is 5.32 Å². The molecule has 0 aromatic rings. The zero-order valence-corrected chi connectivity index (χ0v) is 10.2. The molecule has 1 saturated heterocycles. The molecule has 1 aliphatic rings.